The third kappa shape index (κ3) is 5.76. The van der Waals surface area contributed by atoms with Crippen LogP contribution in [0.5, 0.6) is 5.75 Å². The topological polar surface area (TPSA) is 164 Å². The van der Waals surface area contributed by atoms with Gasteiger partial charge in [-0.05, 0) is 18.6 Å². The van der Waals surface area contributed by atoms with Crippen LogP contribution >= 0.6 is 23.1 Å². The lowest BCUT2D eigenvalue weighted by molar-refractivity contribution is -0.149. The second-order valence-corrected chi connectivity index (χ2v) is 10.3. The number of thiazole rings is 1. The maximum Gasteiger partial charge on any atom is 0.423 e. The highest BCUT2D eigenvalue weighted by Gasteiger charge is 2.56. The van der Waals surface area contributed by atoms with Crippen LogP contribution in [0.25, 0.3) is 0 Å². The molecule has 0 aromatic carbocycles. The lowest BCUT2D eigenvalue weighted by Gasteiger charge is -2.48. The van der Waals surface area contributed by atoms with Crippen LogP contribution in [-0.4, -0.2) is 86.3 Å². The number of carbonyl (C=O) groups excluding carboxylic acids is 1. The second-order valence-electron chi connectivity index (χ2n) is 8.42. The molecule has 1 fully saturated rings. The van der Waals surface area contributed by atoms with Crippen molar-refractivity contribution in [3.63, 3.8) is 0 Å². The van der Waals surface area contributed by atoms with E-state index in [1.807, 2.05) is 0 Å². The average molecular weight is 594 g/mol. The predicted molar refractivity (Wildman–Crippen MR) is 129 cm³/mol. The van der Waals surface area contributed by atoms with E-state index >= 15 is 0 Å². The number of hydrogen-bond acceptors (Lipinski definition) is 10. The molecule has 12 nitrogen and oxygen atoms in total. The number of pyridine rings is 1. The van der Waals surface area contributed by atoms with Crippen LogP contribution in [0.3, 0.4) is 0 Å². The number of alkyl halides is 4. The zero-order chi connectivity index (χ0) is 28.4. The van der Waals surface area contributed by atoms with Gasteiger partial charge in [0.2, 0.25) is 0 Å². The van der Waals surface area contributed by atoms with Gasteiger partial charge in [0.1, 0.15) is 46.8 Å². The van der Waals surface area contributed by atoms with Gasteiger partial charge in [0.05, 0.1) is 12.8 Å². The Kier molecular flexibility index (Phi) is 8.26. The van der Waals surface area contributed by atoms with Gasteiger partial charge in [-0.3, -0.25) is 4.79 Å². The van der Waals surface area contributed by atoms with E-state index in [9.17, 15) is 42.2 Å². The van der Waals surface area contributed by atoms with Crippen molar-refractivity contribution in [1.82, 2.24) is 14.9 Å². The van der Waals surface area contributed by atoms with Crippen molar-refractivity contribution in [1.29, 1.82) is 0 Å². The minimum atomic E-state index is -3.06. The zero-order valence-electron chi connectivity index (χ0n) is 19.6. The Morgan fingerprint density at radius 2 is 1.95 bits per heavy atom. The van der Waals surface area contributed by atoms with Gasteiger partial charge >= 0.3 is 18.8 Å². The molecule has 0 aliphatic carbocycles. The van der Waals surface area contributed by atoms with Gasteiger partial charge in [0.15, 0.2) is 5.17 Å². The summed E-state index contributed by atoms with van der Waals surface area (Å²) in [6.07, 6.45) is -2.82. The smallest absolute Gasteiger partial charge is 0.423 e. The molecule has 2 aromatic heterocycles. The molecule has 4 heterocycles. The number of ether oxygens (including phenoxy) is 2. The van der Waals surface area contributed by atoms with Crippen molar-refractivity contribution in [3.8, 4) is 5.75 Å². The standard InChI is InChI=1S/C21H19F4N5O7S2/c22-7-20(8-23)3-10-5-39-17(30(18(32)33)19(34)35)29-21(10,9-36-20)15-28-13(6-38-15)27-14(31)12-2-1-11(4-26-12)37-16(24)25/h1-2,4,6,10,16H,3,5,7-9H2,(H,27,31)(H,32,33)(H,34,35)/t10-,21-/m0/s1. The molecule has 2 atom stereocenters. The number of aromatic nitrogens is 2. The van der Waals surface area contributed by atoms with Crippen LogP contribution in [0.4, 0.5) is 33.0 Å². The van der Waals surface area contributed by atoms with Gasteiger partial charge in [-0.25, -0.2) is 33.3 Å². The summed E-state index contributed by atoms with van der Waals surface area (Å²) < 4.78 is 61.9. The van der Waals surface area contributed by atoms with Crippen molar-refractivity contribution in [2.24, 2.45) is 10.9 Å². The molecule has 0 bridgehead atoms. The lowest BCUT2D eigenvalue weighted by atomic mass is 9.76. The fourth-order valence-corrected chi connectivity index (χ4v) is 6.24. The molecule has 2 aliphatic heterocycles. The molecule has 1 saturated heterocycles. The number of imide groups is 1. The first-order chi connectivity index (χ1) is 18.5. The Balaban J connectivity index is 1.64. The molecule has 2 aliphatic rings. The van der Waals surface area contributed by atoms with Gasteiger partial charge in [-0.15, -0.1) is 11.3 Å². The van der Waals surface area contributed by atoms with Crippen LogP contribution in [0.2, 0.25) is 0 Å². The molecular weight excluding hydrogens is 574 g/mol. The highest BCUT2D eigenvalue weighted by molar-refractivity contribution is 8.13. The quantitative estimate of drug-likeness (QED) is 0.399. The third-order valence-corrected chi connectivity index (χ3v) is 8.08. The van der Waals surface area contributed by atoms with Crippen LogP contribution in [0.1, 0.15) is 21.9 Å². The van der Waals surface area contributed by atoms with Crippen LogP contribution in [-0.2, 0) is 10.3 Å². The second kappa shape index (κ2) is 11.3. The largest absolute Gasteiger partial charge is 0.464 e. The van der Waals surface area contributed by atoms with Gasteiger partial charge < -0.3 is 25.0 Å². The number of nitrogens with one attached hydrogen (secondary N) is 1. The average Bonchev–Trinajstić information content (AvgIpc) is 3.37. The molecule has 3 amide bonds. The third-order valence-electron chi connectivity index (χ3n) is 5.97. The van der Waals surface area contributed by atoms with E-state index in [0.29, 0.717) is 0 Å². The van der Waals surface area contributed by atoms with Crippen LogP contribution < -0.4 is 10.1 Å². The fraction of sp³-hybridized carbons (Fsp3) is 0.429. The molecule has 0 unspecified atom stereocenters. The van der Waals surface area contributed by atoms with E-state index in [1.54, 1.807) is 0 Å². The molecule has 39 heavy (non-hydrogen) atoms. The molecule has 0 spiro atoms. The summed E-state index contributed by atoms with van der Waals surface area (Å²) >= 11 is 1.78. The fourth-order valence-electron chi connectivity index (χ4n) is 4.02. The Bertz CT molecular complexity index is 1260. The Morgan fingerprint density at radius 3 is 2.54 bits per heavy atom. The number of nitrogens with zero attached hydrogens (tertiary/aromatic N) is 4. The van der Waals surface area contributed by atoms with Gasteiger partial charge in [-0.1, -0.05) is 11.8 Å². The molecule has 210 valence electrons. The molecular formula is C21H19F4N5O7S2. The summed E-state index contributed by atoms with van der Waals surface area (Å²) in [7, 11) is 0. The number of carbonyl (C=O) groups is 3. The van der Waals surface area contributed by atoms with Crippen molar-refractivity contribution < 1.29 is 51.6 Å². The number of halogens is 4. The first-order valence-corrected chi connectivity index (χ1v) is 12.8. The summed E-state index contributed by atoms with van der Waals surface area (Å²) in [6, 6.07) is 2.27. The molecule has 18 heteroatoms. The monoisotopic (exact) mass is 593 g/mol. The van der Waals surface area contributed by atoms with E-state index in [0.717, 1.165) is 41.4 Å². The molecule has 2 aromatic rings. The zero-order valence-corrected chi connectivity index (χ0v) is 21.2. The maximum absolute atomic E-state index is 13.8. The van der Waals surface area contributed by atoms with Crippen molar-refractivity contribution in [2.75, 3.05) is 31.0 Å². The van der Waals surface area contributed by atoms with Crippen molar-refractivity contribution >= 4 is 52.2 Å². The summed E-state index contributed by atoms with van der Waals surface area (Å²) in [5, 5.41) is 22.5. The number of hydrogen-bond donors (Lipinski definition) is 3. The van der Waals surface area contributed by atoms with E-state index in [2.05, 4.69) is 25.0 Å². The summed E-state index contributed by atoms with van der Waals surface area (Å²) in [5.41, 5.74) is -3.38. The van der Waals surface area contributed by atoms with Crippen molar-refractivity contribution in [2.45, 2.75) is 24.2 Å². The normalized spacial score (nSPS) is 22.0. The highest BCUT2D eigenvalue weighted by atomic mass is 32.2. The summed E-state index contributed by atoms with van der Waals surface area (Å²) in [5.74, 6) is -1.56. The Morgan fingerprint density at radius 1 is 1.23 bits per heavy atom. The molecule has 3 N–H and O–H groups in total. The summed E-state index contributed by atoms with van der Waals surface area (Å²) in [4.78, 5) is 48.3. The first kappa shape index (κ1) is 28.5. The van der Waals surface area contributed by atoms with E-state index in [-0.39, 0.29) is 44.5 Å². The number of amides is 3. The SMILES string of the molecule is O=C(Nc1csc([C@]23COC(CF)(CF)C[C@H]2CSC(N(C(=O)O)C(=O)O)=N3)n1)c1ccc(OC(F)F)cn1. The molecule has 0 saturated carbocycles. The minimum Gasteiger partial charge on any atom is -0.464 e. The maximum atomic E-state index is 13.8. The number of amidine groups is 1. The van der Waals surface area contributed by atoms with Crippen LogP contribution in [0.15, 0.2) is 28.7 Å². The molecule has 0 radical (unpaired) electrons. The minimum absolute atomic E-state index is 0.0129. The molecule has 4 rings (SSSR count). The number of rotatable bonds is 7. The van der Waals surface area contributed by atoms with E-state index in [1.165, 1.54) is 5.38 Å². The number of anilines is 1. The number of aliphatic imine (C=N–C) groups is 1. The first-order valence-electron chi connectivity index (χ1n) is 11.0. The van der Waals surface area contributed by atoms with Gasteiger partial charge in [0.25, 0.3) is 5.91 Å². The highest BCUT2D eigenvalue weighted by Crippen LogP contribution is 2.50. The van der Waals surface area contributed by atoms with Gasteiger partial charge in [0, 0.05) is 17.1 Å². The van der Waals surface area contributed by atoms with Crippen LogP contribution in [0, 0.1) is 5.92 Å². The van der Waals surface area contributed by atoms with E-state index < -0.39 is 61.7 Å². The Labute approximate surface area is 225 Å². The van der Waals surface area contributed by atoms with Gasteiger partial charge in [-0.2, -0.15) is 13.7 Å². The number of carboxylic acid groups (broad SMARTS) is 2. The summed E-state index contributed by atoms with van der Waals surface area (Å²) in [6.45, 7) is -5.75. The lowest BCUT2D eigenvalue weighted by Crippen LogP contribution is -2.57. The number of thioether (sulfide) groups is 1. The predicted octanol–water partition coefficient (Wildman–Crippen LogP) is 4.06. The Hall–Kier alpha value is -3.51. The van der Waals surface area contributed by atoms with E-state index in [4.69, 9.17) is 4.74 Å². The van der Waals surface area contributed by atoms with Crippen molar-refractivity contribution in [3.05, 3.63) is 34.4 Å². The number of fused-ring (bicyclic) bond motifs is 1.